The van der Waals surface area contributed by atoms with E-state index in [1.807, 2.05) is 30.5 Å². The first kappa shape index (κ1) is 14.0. The van der Waals surface area contributed by atoms with Gasteiger partial charge in [0.1, 0.15) is 5.78 Å². The molecule has 19 heavy (non-hydrogen) atoms. The summed E-state index contributed by atoms with van der Waals surface area (Å²) in [6.07, 6.45) is 3.86. The maximum absolute atomic E-state index is 11.1. The van der Waals surface area contributed by atoms with E-state index in [1.165, 1.54) is 6.08 Å². The number of benzene rings is 1. The molecule has 5 nitrogen and oxygen atoms in total. The number of aromatic amines is 1. The van der Waals surface area contributed by atoms with Gasteiger partial charge in [0.15, 0.2) is 0 Å². The van der Waals surface area contributed by atoms with Gasteiger partial charge >= 0.3 is 7.60 Å². The van der Waals surface area contributed by atoms with Crippen LogP contribution in [0.5, 0.6) is 0 Å². The molecule has 0 radical (unpaired) electrons. The van der Waals surface area contributed by atoms with Crippen LogP contribution in [0.1, 0.15) is 5.56 Å². The Labute approximate surface area is 111 Å². The molecule has 6 heteroatoms. The normalized spacial score (nSPS) is 13.6. The minimum absolute atomic E-state index is 0.476. The highest BCUT2D eigenvalue weighted by Gasteiger charge is 2.24. The summed E-state index contributed by atoms with van der Waals surface area (Å²) in [6.45, 7) is 3.91. The molecule has 4 N–H and O–H groups in total. The lowest BCUT2D eigenvalue weighted by atomic mass is 10.1. The second-order valence-electron chi connectivity index (χ2n) is 4.33. The van der Waals surface area contributed by atoms with Crippen molar-refractivity contribution in [1.29, 1.82) is 0 Å². The Balaban J connectivity index is 2.00. The van der Waals surface area contributed by atoms with Gasteiger partial charge in [0, 0.05) is 23.6 Å². The summed E-state index contributed by atoms with van der Waals surface area (Å²) in [5, 5.41) is 3.95. The summed E-state index contributed by atoms with van der Waals surface area (Å²) < 4.78 is 11.1. The predicted octanol–water partition coefficient (Wildman–Crippen LogP) is 1.99. The van der Waals surface area contributed by atoms with Crippen molar-refractivity contribution in [2.45, 2.75) is 12.2 Å². The Hall–Kier alpha value is -1.39. The Morgan fingerprint density at radius 3 is 2.84 bits per heavy atom. The maximum atomic E-state index is 11.1. The van der Waals surface area contributed by atoms with Crippen LogP contribution >= 0.6 is 7.60 Å². The summed E-state index contributed by atoms with van der Waals surface area (Å²) in [5.74, 6) is -0.988. The fourth-order valence-electron chi connectivity index (χ4n) is 2.03. The van der Waals surface area contributed by atoms with E-state index in [2.05, 4.69) is 16.9 Å². The van der Waals surface area contributed by atoms with E-state index in [-0.39, 0.29) is 0 Å². The zero-order chi connectivity index (χ0) is 13.9. The zero-order valence-corrected chi connectivity index (χ0v) is 11.3. The third-order valence-electron chi connectivity index (χ3n) is 3.01. The molecule has 0 saturated carbocycles. The SMILES string of the molecule is C=CC(NCCc1c[nH]c2ccccc12)P(=O)(O)O. The topological polar surface area (TPSA) is 85.4 Å². The number of hydrogen-bond donors (Lipinski definition) is 4. The summed E-state index contributed by atoms with van der Waals surface area (Å²) in [7, 11) is -4.17. The molecule has 0 bridgehead atoms. The highest BCUT2D eigenvalue weighted by molar-refractivity contribution is 7.52. The maximum Gasteiger partial charge on any atom is 0.346 e. The molecule has 2 rings (SSSR count). The van der Waals surface area contributed by atoms with Crippen LogP contribution in [0, 0.1) is 0 Å². The van der Waals surface area contributed by atoms with Gasteiger partial charge in [-0.25, -0.2) is 0 Å². The third-order valence-corrected chi connectivity index (χ3v) is 4.13. The highest BCUT2D eigenvalue weighted by Crippen LogP contribution is 2.39. The molecule has 1 atom stereocenters. The van der Waals surface area contributed by atoms with Crippen LogP contribution in [0.3, 0.4) is 0 Å². The molecule has 1 unspecified atom stereocenters. The largest absolute Gasteiger partial charge is 0.361 e. The lowest BCUT2D eigenvalue weighted by Crippen LogP contribution is -2.28. The van der Waals surface area contributed by atoms with Crippen molar-refractivity contribution < 1.29 is 14.4 Å². The van der Waals surface area contributed by atoms with Gasteiger partial charge in [0.05, 0.1) is 0 Å². The third kappa shape index (κ3) is 3.33. The van der Waals surface area contributed by atoms with E-state index < -0.39 is 13.4 Å². The molecule has 0 aliphatic carbocycles. The van der Waals surface area contributed by atoms with Crippen molar-refractivity contribution in [2.75, 3.05) is 6.54 Å². The minimum Gasteiger partial charge on any atom is -0.361 e. The van der Waals surface area contributed by atoms with Crippen LogP contribution in [0.4, 0.5) is 0 Å². The van der Waals surface area contributed by atoms with E-state index in [4.69, 9.17) is 9.79 Å². The first-order valence-corrected chi connectivity index (χ1v) is 7.66. The molecule has 0 spiro atoms. The smallest absolute Gasteiger partial charge is 0.346 e. The lowest BCUT2D eigenvalue weighted by Gasteiger charge is -2.15. The fourth-order valence-corrected chi connectivity index (χ4v) is 2.67. The second-order valence-corrected chi connectivity index (χ2v) is 6.07. The summed E-state index contributed by atoms with van der Waals surface area (Å²) >= 11 is 0. The number of fused-ring (bicyclic) bond motifs is 1. The lowest BCUT2D eigenvalue weighted by molar-refractivity contribution is 0.357. The van der Waals surface area contributed by atoms with Gasteiger partial charge in [-0.3, -0.25) is 4.57 Å². The zero-order valence-electron chi connectivity index (χ0n) is 10.4. The van der Waals surface area contributed by atoms with Gasteiger partial charge in [-0.05, 0) is 18.1 Å². The average Bonchev–Trinajstić information content (AvgIpc) is 2.76. The quantitative estimate of drug-likeness (QED) is 0.481. The van der Waals surface area contributed by atoms with Crippen LogP contribution in [0.15, 0.2) is 43.1 Å². The number of para-hydroxylation sites is 1. The monoisotopic (exact) mass is 280 g/mol. The van der Waals surface area contributed by atoms with E-state index in [0.717, 1.165) is 16.5 Å². The molecule has 0 aliphatic heterocycles. The van der Waals surface area contributed by atoms with Crippen molar-refractivity contribution in [3.63, 3.8) is 0 Å². The van der Waals surface area contributed by atoms with Crippen LogP contribution in [-0.4, -0.2) is 27.1 Å². The molecule has 1 aromatic carbocycles. The summed E-state index contributed by atoms with van der Waals surface area (Å²) in [6, 6.07) is 7.95. The molecular weight excluding hydrogens is 263 g/mol. The van der Waals surface area contributed by atoms with Gasteiger partial charge in [-0.2, -0.15) is 0 Å². The van der Waals surface area contributed by atoms with Crippen molar-refractivity contribution in [2.24, 2.45) is 0 Å². The van der Waals surface area contributed by atoms with E-state index in [1.54, 1.807) is 0 Å². The van der Waals surface area contributed by atoms with Crippen molar-refractivity contribution >= 4 is 18.5 Å². The van der Waals surface area contributed by atoms with E-state index in [9.17, 15) is 4.57 Å². The summed E-state index contributed by atoms with van der Waals surface area (Å²) in [4.78, 5) is 21.3. The molecule has 0 amide bonds. The van der Waals surface area contributed by atoms with Gasteiger partial charge in [-0.1, -0.05) is 24.3 Å². The van der Waals surface area contributed by atoms with Crippen molar-refractivity contribution in [3.8, 4) is 0 Å². The Bertz CT molecular complexity index is 617. The molecule has 0 fully saturated rings. The van der Waals surface area contributed by atoms with Gasteiger partial charge < -0.3 is 20.1 Å². The van der Waals surface area contributed by atoms with Gasteiger partial charge in [0.2, 0.25) is 0 Å². The Morgan fingerprint density at radius 1 is 1.42 bits per heavy atom. The van der Waals surface area contributed by atoms with Gasteiger partial charge in [0.25, 0.3) is 0 Å². The van der Waals surface area contributed by atoms with Crippen molar-refractivity contribution in [3.05, 3.63) is 48.7 Å². The number of H-pyrrole nitrogens is 1. The molecule has 2 aromatic rings. The standard InChI is InChI=1S/C13H17N2O3P/c1-2-13(19(16,17)18)14-8-7-10-9-15-12-6-4-3-5-11(10)12/h2-6,9,13-15H,1,7-8H2,(H2,16,17,18). The number of aromatic nitrogens is 1. The minimum atomic E-state index is -4.17. The number of hydrogen-bond acceptors (Lipinski definition) is 2. The highest BCUT2D eigenvalue weighted by atomic mass is 31.2. The first-order valence-electron chi connectivity index (χ1n) is 5.98. The van der Waals surface area contributed by atoms with E-state index >= 15 is 0 Å². The first-order chi connectivity index (χ1) is 9.02. The molecule has 0 saturated heterocycles. The molecule has 102 valence electrons. The van der Waals surface area contributed by atoms with Crippen molar-refractivity contribution in [1.82, 2.24) is 10.3 Å². The van der Waals surface area contributed by atoms with Crippen LogP contribution in [-0.2, 0) is 11.0 Å². The van der Waals surface area contributed by atoms with Gasteiger partial charge in [-0.15, -0.1) is 6.58 Å². The van der Waals surface area contributed by atoms with Crippen LogP contribution in [0.2, 0.25) is 0 Å². The number of rotatable bonds is 6. The molecule has 1 heterocycles. The molecule has 0 aliphatic rings. The van der Waals surface area contributed by atoms with Crippen LogP contribution in [0.25, 0.3) is 10.9 Å². The second kappa shape index (κ2) is 5.72. The number of nitrogens with one attached hydrogen (secondary N) is 2. The predicted molar refractivity (Wildman–Crippen MR) is 76.0 cm³/mol. The van der Waals surface area contributed by atoms with Crippen LogP contribution < -0.4 is 5.32 Å². The van der Waals surface area contributed by atoms with E-state index in [0.29, 0.717) is 13.0 Å². The Kier molecular flexibility index (Phi) is 4.22. The Morgan fingerprint density at radius 2 is 2.16 bits per heavy atom. The molecular formula is C13H17N2O3P. The summed E-state index contributed by atoms with van der Waals surface area (Å²) in [5.41, 5.74) is 2.18. The molecule has 1 aromatic heterocycles. The average molecular weight is 280 g/mol. The fraction of sp³-hybridized carbons (Fsp3) is 0.231.